The number of nitro groups is 3. The highest BCUT2D eigenvalue weighted by molar-refractivity contribution is 5.56. The molecule has 1 N–H and O–H groups in total. The van der Waals surface area contributed by atoms with Gasteiger partial charge in [-0.15, -0.1) is 0 Å². The van der Waals surface area contributed by atoms with E-state index in [2.05, 4.69) is 4.74 Å². The van der Waals surface area contributed by atoms with Gasteiger partial charge in [-0.2, -0.15) is 0 Å². The molecule has 0 aliphatic carbocycles. The van der Waals surface area contributed by atoms with Gasteiger partial charge >= 0.3 is 18.5 Å². The van der Waals surface area contributed by atoms with Crippen LogP contribution in [-0.4, -0.2) is 38.4 Å². The standard InChI is InChI=1S/C3H3N3O9/c7-2(8)15-1-3(4(9)10,5(11)12)6(13)14/h1H2,(H,7,8). The minimum Gasteiger partial charge on any atom is -0.450 e. The van der Waals surface area contributed by atoms with E-state index in [0.717, 1.165) is 0 Å². The van der Waals surface area contributed by atoms with Crippen molar-refractivity contribution in [3.8, 4) is 0 Å². The molecule has 0 aliphatic rings. The zero-order valence-corrected chi connectivity index (χ0v) is 6.76. The van der Waals surface area contributed by atoms with Gasteiger partial charge in [-0.1, -0.05) is 0 Å². The molecule has 0 aliphatic heterocycles. The van der Waals surface area contributed by atoms with Gasteiger partial charge < -0.3 is 9.84 Å². The lowest BCUT2D eigenvalue weighted by Crippen LogP contribution is -2.57. The first kappa shape index (κ1) is 12.5. The summed E-state index contributed by atoms with van der Waals surface area (Å²) >= 11 is 0. The maximum atomic E-state index is 10.2. The van der Waals surface area contributed by atoms with Crippen LogP contribution in [-0.2, 0) is 4.74 Å². The van der Waals surface area contributed by atoms with Crippen molar-refractivity contribution in [2.75, 3.05) is 6.61 Å². The lowest BCUT2D eigenvalue weighted by atomic mass is 10.4. The van der Waals surface area contributed by atoms with Crippen LogP contribution < -0.4 is 0 Å². The summed E-state index contributed by atoms with van der Waals surface area (Å²) in [6, 6.07) is 0. The van der Waals surface area contributed by atoms with Crippen LogP contribution in [0.25, 0.3) is 0 Å². The first-order valence-electron chi connectivity index (χ1n) is 3.04. The molecule has 84 valence electrons. The number of hydrogen-bond acceptors (Lipinski definition) is 8. The summed E-state index contributed by atoms with van der Waals surface area (Å²) in [5.41, 5.74) is 0. The van der Waals surface area contributed by atoms with E-state index in [4.69, 9.17) is 5.11 Å². The fourth-order valence-electron chi connectivity index (χ4n) is 0.517. The van der Waals surface area contributed by atoms with E-state index in [9.17, 15) is 35.1 Å². The Morgan fingerprint density at radius 1 is 1.13 bits per heavy atom. The quantitative estimate of drug-likeness (QED) is 0.270. The molecule has 0 aromatic carbocycles. The Morgan fingerprint density at radius 3 is 1.67 bits per heavy atom. The molecule has 0 unspecified atom stereocenters. The second-order valence-electron chi connectivity index (χ2n) is 2.10. The van der Waals surface area contributed by atoms with Gasteiger partial charge in [0.2, 0.25) is 0 Å². The van der Waals surface area contributed by atoms with Crippen LogP contribution in [0.15, 0.2) is 0 Å². The zero-order valence-electron chi connectivity index (χ0n) is 6.76. The van der Waals surface area contributed by atoms with Crippen LogP contribution in [0.4, 0.5) is 4.79 Å². The molecule has 0 aromatic heterocycles. The molecule has 0 radical (unpaired) electrons. The fraction of sp³-hybridized carbons (Fsp3) is 0.667. The molecule has 0 heterocycles. The highest BCUT2D eigenvalue weighted by atomic mass is 16.8. The number of carboxylic acid groups (broad SMARTS) is 1. The van der Waals surface area contributed by atoms with E-state index in [0.29, 0.717) is 0 Å². The molecule has 0 amide bonds. The first-order chi connectivity index (χ1) is 6.75. The second-order valence-corrected chi connectivity index (χ2v) is 2.10. The van der Waals surface area contributed by atoms with Gasteiger partial charge in [0.05, 0.1) is 0 Å². The highest BCUT2D eigenvalue weighted by Gasteiger charge is 2.72. The second kappa shape index (κ2) is 4.12. The van der Waals surface area contributed by atoms with Crippen molar-refractivity contribution in [1.82, 2.24) is 0 Å². The Bertz CT molecular complexity index is 287. The molecule has 0 bridgehead atoms. The van der Waals surface area contributed by atoms with Crippen molar-refractivity contribution in [2.24, 2.45) is 0 Å². The van der Waals surface area contributed by atoms with Gasteiger partial charge in [0, 0.05) is 0 Å². The Kier molecular flexibility index (Phi) is 3.42. The highest BCUT2D eigenvalue weighted by Crippen LogP contribution is 2.12. The van der Waals surface area contributed by atoms with Gasteiger partial charge in [0.1, 0.15) is 0 Å². The molecular weight excluding hydrogens is 222 g/mol. The van der Waals surface area contributed by atoms with Crippen molar-refractivity contribution in [3.63, 3.8) is 0 Å². The molecule has 12 nitrogen and oxygen atoms in total. The minimum absolute atomic E-state index is 1.81. The molecule has 0 atom stereocenters. The number of nitrogens with zero attached hydrogens (tertiary/aromatic N) is 3. The SMILES string of the molecule is O=C(O)OCC([N+](=O)[O-])([N+](=O)[O-])[N+](=O)[O-]. The average molecular weight is 225 g/mol. The van der Waals surface area contributed by atoms with Crippen LogP contribution >= 0.6 is 0 Å². The van der Waals surface area contributed by atoms with Gasteiger partial charge in [0.15, 0.2) is 14.8 Å². The monoisotopic (exact) mass is 225 g/mol. The van der Waals surface area contributed by atoms with Crippen molar-refractivity contribution in [1.29, 1.82) is 0 Å². The van der Waals surface area contributed by atoms with E-state index in [-0.39, 0.29) is 0 Å². The molecule has 15 heavy (non-hydrogen) atoms. The minimum atomic E-state index is -3.90. The van der Waals surface area contributed by atoms with Crippen LogP contribution in [0.5, 0.6) is 0 Å². The summed E-state index contributed by atoms with van der Waals surface area (Å²) in [4.78, 5) is 34.8. The number of ether oxygens (including phenoxy) is 1. The van der Waals surface area contributed by atoms with Crippen molar-refractivity contribution >= 4 is 6.16 Å². The molecule has 12 heteroatoms. The topological polar surface area (TPSA) is 176 Å². The molecule has 0 fully saturated rings. The smallest absolute Gasteiger partial charge is 0.450 e. The lowest BCUT2D eigenvalue weighted by molar-refractivity contribution is -0.970. The predicted molar refractivity (Wildman–Crippen MR) is 37.7 cm³/mol. The van der Waals surface area contributed by atoms with Gasteiger partial charge in [-0.3, -0.25) is 30.3 Å². The van der Waals surface area contributed by atoms with E-state index in [1.165, 1.54) is 0 Å². The summed E-state index contributed by atoms with van der Waals surface area (Å²) in [5.74, 6) is -3.90. The van der Waals surface area contributed by atoms with E-state index >= 15 is 0 Å². The van der Waals surface area contributed by atoms with Gasteiger partial charge in [-0.25, -0.2) is 4.79 Å². The first-order valence-corrected chi connectivity index (χ1v) is 3.04. The van der Waals surface area contributed by atoms with E-state index in [1.807, 2.05) is 0 Å². The number of carbonyl (C=O) groups is 1. The Balaban J connectivity index is 5.15. The van der Waals surface area contributed by atoms with Crippen LogP contribution in [0, 0.1) is 30.3 Å². The number of hydrogen-bond donors (Lipinski definition) is 1. The Hall–Kier alpha value is -2.53. The van der Waals surface area contributed by atoms with Crippen LogP contribution in [0.2, 0.25) is 0 Å². The molecular formula is C3H3N3O9. The van der Waals surface area contributed by atoms with Crippen molar-refractivity contribution in [2.45, 2.75) is 5.79 Å². The largest absolute Gasteiger partial charge is 0.734 e. The zero-order chi connectivity index (χ0) is 12.2. The summed E-state index contributed by atoms with van der Waals surface area (Å²) in [7, 11) is 0. The third-order valence-corrected chi connectivity index (χ3v) is 1.27. The fourth-order valence-corrected chi connectivity index (χ4v) is 0.517. The molecule has 0 aromatic rings. The van der Waals surface area contributed by atoms with Crippen LogP contribution in [0.3, 0.4) is 0 Å². The van der Waals surface area contributed by atoms with E-state index in [1.54, 1.807) is 0 Å². The third kappa shape index (κ3) is 2.23. The van der Waals surface area contributed by atoms with Gasteiger partial charge in [0.25, 0.3) is 0 Å². The predicted octanol–water partition coefficient (Wildman–Crippen LogP) is -0.835. The normalized spacial score (nSPS) is 10.4. The molecule has 0 saturated carbocycles. The summed E-state index contributed by atoms with van der Waals surface area (Å²) < 4.78 is 3.48. The molecule has 0 rings (SSSR count). The Morgan fingerprint density at radius 2 is 1.47 bits per heavy atom. The average Bonchev–Trinajstić information content (AvgIpc) is 2.02. The molecule has 0 spiro atoms. The molecule has 0 saturated heterocycles. The maximum absolute atomic E-state index is 10.2. The van der Waals surface area contributed by atoms with Crippen molar-refractivity contribution in [3.05, 3.63) is 30.3 Å². The van der Waals surface area contributed by atoms with E-state index < -0.39 is 33.3 Å². The van der Waals surface area contributed by atoms with Crippen molar-refractivity contribution < 1.29 is 29.4 Å². The van der Waals surface area contributed by atoms with Crippen LogP contribution in [0.1, 0.15) is 0 Å². The summed E-state index contributed by atoms with van der Waals surface area (Å²) in [6.07, 6.45) is -2.09. The Labute approximate surface area is 79.5 Å². The maximum Gasteiger partial charge on any atom is 0.734 e. The van der Waals surface area contributed by atoms with Gasteiger partial charge in [-0.05, 0) is 0 Å². The lowest BCUT2D eigenvalue weighted by Gasteiger charge is -2.07. The number of rotatable bonds is 5. The summed E-state index contributed by atoms with van der Waals surface area (Å²) in [6.45, 7) is -1.81. The third-order valence-electron chi connectivity index (χ3n) is 1.27. The summed E-state index contributed by atoms with van der Waals surface area (Å²) in [5, 5.41) is 38.4.